The van der Waals surface area contributed by atoms with E-state index in [0.717, 1.165) is 53.9 Å². The highest BCUT2D eigenvalue weighted by Gasteiger charge is 2.14. The lowest BCUT2D eigenvalue weighted by Crippen LogP contribution is -2.35. The maximum atomic E-state index is 11.3. The minimum atomic E-state index is 0.0858. The van der Waals surface area contributed by atoms with Crippen LogP contribution in [0.3, 0.4) is 0 Å². The van der Waals surface area contributed by atoms with Crippen molar-refractivity contribution in [3.8, 4) is 0 Å². The molecule has 0 unspecified atom stereocenters. The number of carbonyl (C=O) groups excluding carboxylic acids is 1. The van der Waals surface area contributed by atoms with E-state index in [1.165, 1.54) is 0 Å². The number of anilines is 1. The van der Waals surface area contributed by atoms with E-state index in [-0.39, 0.29) is 5.91 Å². The molecule has 7 nitrogen and oxygen atoms in total. The molecule has 0 aliphatic rings. The van der Waals surface area contributed by atoms with Crippen LogP contribution < -0.4 is 14.8 Å². The van der Waals surface area contributed by atoms with Crippen LogP contribution in [0.15, 0.2) is 41.3 Å². The highest BCUT2D eigenvalue weighted by Crippen LogP contribution is 2.28. The lowest BCUT2D eigenvalue weighted by atomic mass is 10.1. The third-order valence-corrected chi connectivity index (χ3v) is 5.63. The van der Waals surface area contributed by atoms with Crippen molar-refractivity contribution in [1.29, 1.82) is 0 Å². The molecule has 2 heterocycles. The Balaban J connectivity index is 1.66. The first-order chi connectivity index (χ1) is 14.7. The normalized spacial score (nSPS) is 11.3. The average molecular weight is 520 g/mol. The summed E-state index contributed by atoms with van der Waals surface area (Å²) in [5.41, 5.74) is 4.69. The summed E-state index contributed by atoms with van der Waals surface area (Å²) in [6, 6.07) is 8.28. The van der Waals surface area contributed by atoms with Gasteiger partial charge in [-0.1, -0.05) is 40.8 Å². The third kappa shape index (κ3) is 5.56. The first kappa shape index (κ1) is 22.2. The van der Waals surface area contributed by atoms with Gasteiger partial charge < -0.3 is 10.2 Å². The Morgan fingerprint density at radius 3 is 2.57 bits per heavy atom. The van der Waals surface area contributed by atoms with E-state index in [0.29, 0.717) is 11.0 Å². The molecule has 0 saturated carbocycles. The second-order valence-electron chi connectivity index (χ2n) is 6.85. The number of benzene rings is 1. The number of aryl methyl sites for hydroxylation is 1. The molecule has 2 aromatic heterocycles. The van der Waals surface area contributed by atoms with Gasteiger partial charge in [0.2, 0.25) is 5.91 Å². The van der Waals surface area contributed by atoms with Gasteiger partial charge in [-0.15, -0.1) is 0 Å². The zero-order valence-corrected chi connectivity index (χ0v) is 19.5. The minimum absolute atomic E-state index is 0.0858. The number of nitrogens with one attached hydrogen (secondary N) is 1. The first-order valence-electron chi connectivity index (χ1n) is 10.2. The monoisotopic (exact) mass is 520 g/mol. The Morgan fingerprint density at radius 2 is 1.87 bits per heavy atom. The standard InChI is InChI=1S/C22H26IN5O2/c1-3-28(4-2)19-9-8-18(21-22(19)26-30-25-21)7-6-17-10-14-27(15-11-17)13-5-12-24-20(29)16-23/h6-11,14-15H,3-5,12-13,16H2,1-2H3/p+1. The zero-order valence-electron chi connectivity index (χ0n) is 17.3. The Morgan fingerprint density at radius 1 is 1.13 bits per heavy atom. The van der Waals surface area contributed by atoms with Crippen LogP contribution in [0.2, 0.25) is 0 Å². The molecule has 1 amide bonds. The number of amides is 1. The molecule has 0 saturated heterocycles. The van der Waals surface area contributed by atoms with Crippen molar-refractivity contribution in [3.05, 3.63) is 47.8 Å². The number of hydrogen-bond donors (Lipinski definition) is 1. The Bertz CT molecular complexity index is 996. The largest absolute Gasteiger partial charge is 0.370 e. The summed E-state index contributed by atoms with van der Waals surface area (Å²) in [5.74, 6) is 0.0858. The molecule has 1 N–H and O–H groups in total. The van der Waals surface area contributed by atoms with Crippen LogP contribution in [0.1, 0.15) is 31.4 Å². The van der Waals surface area contributed by atoms with Crippen LogP contribution in [-0.2, 0) is 11.3 Å². The highest BCUT2D eigenvalue weighted by molar-refractivity contribution is 14.1. The summed E-state index contributed by atoms with van der Waals surface area (Å²) < 4.78 is 7.65. The molecule has 3 aromatic rings. The van der Waals surface area contributed by atoms with Gasteiger partial charge in [0.1, 0.15) is 12.1 Å². The van der Waals surface area contributed by atoms with Crippen LogP contribution in [0, 0.1) is 0 Å². The van der Waals surface area contributed by atoms with Gasteiger partial charge in [-0.2, -0.15) is 0 Å². The second-order valence-corrected chi connectivity index (χ2v) is 7.61. The van der Waals surface area contributed by atoms with E-state index in [9.17, 15) is 4.79 Å². The van der Waals surface area contributed by atoms with E-state index >= 15 is 0 Å². The molecule has 1 aromatic carbocycles. The van der Waals surface area contributed by atoms with Gasteiger partial charge in [0.25, 0.3) is 0 Å². The summed E-state index contributed by atoms with van der Waals surface area (Å²) in [4.78, 5) is 13.5. The second kappa shape index (κ2) is 11.1. The lowest BCUT2D eigenvalue weighted by Gasteiger charge is -2.20. The van der Waals surface area contributed by atoms with Crippen molar-refractivity contribution in [3.63, 3.8) is 0 Å². The number of carbonyl (C=O) groups is 1. The van der Waals surface area contributed by atoms with E-state index in [1.54, 1.807) is 0 Å². The molecular weight excluding hydrogens is 493 g/mol. The fraction of sp³-hybridized carbons (Fsp3) is 0.364. The van der Waals surface area contributed by atoms with Crippen molar-refractivity contribution in [2.24, 2.45) is 0 Å². The molecule has 0 atom stereocenters. The molecule has 30 heavy (non-hydrogen) atoms. The number of pyridine rings is 1. The average Bonchev–Trinajstić information content (AvgIpc) is 3.27. The maximum Gasteiger partial charge on any atom is 0.229 e. The number of fused-ring (bicyclic) bond motifs is 1. The smallest absolute Gasteiger partial charge is 0.229 e. The number of rotatable bonds is 10. The molecule has 0 bridgehead atoms. The summed E-state index contributed by atoms with van der Waals surface area (Å²) >= 11 is 2.07. The predicted octanol–water partition coefficient (Wildman–Crippen LogP) is 3.47. The van der Waals surface area contributed by atoms with Crippen LogP contribution in [0.5, 0.6) is 0 Å². The Hall–Kier alpha value is -2.49. The number of aromatic nitrogens is 3. The highest BCUT2D eigenvalue weighted by atomic mass is 127. The molecule has 0 spiro atoms. The zero-order chi connectivity index (χ0) is 21.3. The van der Waals surface area contributed by atoms with Crippen molar-refractivity contribution >= 4 is 57.4 Å². The molecule has 158 valence electrons. The Kier molecular flexibility index (Phi) is 8.18. The van der Waals surface area contributed by atoms with Gasteiger partial charge in [-0.3, -0.25) is 4.79 Å². The predicted molar refractivity (Wildman–Crippen MR) is 127 cm³/mol. The summed E-state index contributed by atoms with van der Waals surface area (Å²) in [7, 11) is 0. The molecule has 0 aliphatic carbocycles. The fourth-order valence-corrected chi connectivity index (χ4v) is 3.55. The summed E-state index contributed by atoms with van der Waals surface area (Å²) in [6.07, 6.45) is 9.11. The molecular formula is C22H27IN5O2+. The summed E-state index contributed by atoms with van der Waals surface area (Å²) in [5, 5.41) is 11.1. The van der Waals surface area contributed by atoms with Gasteiger partial charge in [-0.25, -0.2) is 9.20 Å². The van der Waals surface area contributed by atoms with Crippen LogP contribution in [0.25, 0.3) is 23.2 Å². The molecule has 8 heteroatoms. The van der Waals surface area contributed by atoms with Gasteiger partial charge in [-0.05, 0) is 35.8 Å². The third-order valence-electron chi connectivity index (χ3n) is 4.94. The van der Waals surface area contributed by atoms with Gasteiger partial charge in [0.05, 0.1) is 10.1 Å². The number of halogens is 1. The lowest BCUT2D eigenvalue weighted by molar-refractivity contribution is -0.697. The van der Waals surface area contributed by atoms with Crippen LogP contribution in [-0.4, -0.2) is 40.3 Å². The van der Waals surface area contributed by atoms with Crippen molar-refractivity contribution in [2.45, 2.75) is 26.8 Å². The van der Waals surface area contributed by atoms with E-state index < -0.39 is 0 Å². The molecule has 0 radical (unpaired) electrons. The quantitative estimate of drug-likeness (QED) is 0.192. The maximum absolute atomic E-state index is 11.3. The number of alkyl halides is 1. The molecule has 0 aliphatic heterocycles. The van der Waals surface area contributed by atoms with E-state index in [4.69, 9.17) is 4.63 Å². The molecule has 0 fully saturated rings. The topological polar surface area (TPSA) is 75.1 Å². The molecule has 3 rings (SSSR count). The summed E-state index contributed by atoms with van der Waals surface area (Å²) in [6.45, 7) is 7.62. The fourth-order valence-electron chi connectivity index (χ4n) is 3.28. The van der Waals surface area contributed by atoms with Crippen molar-refractivity contribution in [1.82, 2.24) is 15.6 Å². The van der Waals surface area contributed by atoms with Gasteiger partial charge in [0.15, 0.2) is 17.9 Å². The van der Waals surface area contributed by atoms with E-state index in [1.807, 2.05) is 6.08 Å². The number of hydrogen-bond acceptors (Lipinski definition) is 5. The van der Waals surface area contributed by atoms with Gasteiger partial charge >= 0.3 is 0 Å². The number of nitrogens with zero attached hydrogens (tertiary/aromatic N) is 4. The van der Waals surface area contributed by atoms with Crippen LogP contribution >= 0.6 is 22.6 Å². The van der Waals surface area contributed by atoms with Gasteiger partial charge in [0, 0.05) is 43.8 Å². The van der Waals surface area contributed by atoms with Crippen molar-refractivity contribution in [2.75, 3.05) is 29.0 Å². The SMILES string of the molecule is CCN(CC)c1ccc(/C=C/c2cc[n+](CCCNC(=O)CI)cc2)c2nonc12. The minimum Gasteiger partial charge on any atom is -0.370 e. The van der Waals surface area contributed by atoms with Crippen LogP contribution in [0.4, 0.5) is 5.69 Å². The first-order valence-corrected chi connectivity index (χ1v) is 11.7. The van der Waals surface area contributed by atoms with E-state index in [2.05, 4.69) is 104 Å². The Labute approximate surface area is 190 Å². The van der Waals surface area contributed by atoms with Crippen molar-refractivity contribution < 1.29 is 14.0 Å².